The van der Waals surface area contributed by atoms with E-state index in [1.165, 1.54) is 0 Å². The predicted molar refractivity (Wildman–Crippen MR) is 67.5 cm³/mol. The molecule has 0 spiro atoms. The number of carbonyl (C=O) groups excluding carboxylic acids is 1. The first-order valence-electron chi connectivity index (χ1n) is 6.06. The summed E-state index contributed by atoms with van der Waals surface area (Å²) < 4.78 is 0. The van der Waals surface area contributed by atoms with E-state index in [2.05, 4.69) is 34.4 Å². The van der Waals surface area contributed by atoms with Gasteiger partial charge in [-0.15, -0.1) is 0 Å². The smallest absolute Gasteiger partial charge is 0.221 e. The topological polar surface area (TPSA) is 69.8 Å². The standard InChI is InChI=1S/C12H22N4O/c1-9(2)6-15-12(17)4-5-13-7-11-8-14-10(3)16-11/h8-9,13H,4-7H2,1-3H3,(H,14,16)(H,15,17). The summed E-state index contributed by atoms with van der Waals surface area (Å²) in [6.07, 6.45) is 2.32. The Bertz CT molecular complexity index is 346. The quantitative estimate of drug-likeness (QED) is 0.620. The predicted octanol–water partition coefficient (Wildman–Crippen LogP) is 0.970. The second-order valence-electron chi connectivity index (χ2n) is 4.62. The van der Waals surface area contributed by atoms with E-state index in [0.717, 1.165) is 24.6 Å². The summed E-state index contributed by atoms with van der Waals surface area (Å²) in [6.45, 7) is 8.24. The summed E-state index contributed by atoms with van der Waals surface area (Å²) >= 11 is 0. The largest absolute Gasteiger partial charge is 0.356 e. The highest BCUT2D eigenvalue weighted by atomic mass is 16.1. The fourth-order valence-corrected chi connectivity index (χ4v) is 1.39. The Labute approximate surface area is 102 Å². The van der Waals surface area contributed by atoms with Crippen LogP contribution in [0.15, 0.2) is 6.20 Å². The molecule has 17 heavy (non-hydrogen) atoms. The van der Waals surface area contributed by atoms with Crippen molar-refractivity contribution in [3.8, 4) is 0 Å². The molecule has 0 saturated heterocycles. The minimum Gasteiger partial charge on any atom is -0.356 e. The van der Waals surface area contributed by atoms with E-state index in [4.69, 9.17) is 0 Å². The van der Waals surface area contributed by atoms with Crippen molar-refractivity contribution in [1.29, 1.82) is 0 Å². The zero-order valence-electron chi connectivity index (χ0n) is 10.8. The molecule has 0 aromatic carbocycles. The van der Waals surface area contributed by atoms with Crippen LogP contribution in [0.2, 0.25) is 0 Å². The highest BCUT2D eigenvalue weighted by Gasteiger charge is 2.02. The molecular weight excluding hydrogens is 216 g/mol. The van der Waals surface area contributed by atoms with Gasteiger partial charge in [0.05, 0.1) is 0 Å². The number of nitrogens with zero attached hydrogens (tertiary/aromatic N) is 1. The molecule has 0 bridgehead atoms. The molecule has 0 saturated carbocycles. The number of rotatable bonds is 7. The Morgan fingerprint density at radius 3 is 2.88 bits per heavy atom. The van der Waals surface area contributed by atoms with Crippen LogP contribution in [0.25, 0.3) is 0 Å². The first-order chi connectivity index (χ1) is 8.08. The SMILES string of the molecule is Cc1ncc(CNCCC(=O)NCC(C)C)[nH]1. The molecule has 5 heteroatoms. The molecule has 0 aliphatic rings. The summed E-state index contributed by atoms with van der Waals surface area (Å²) in [5.74, 6) is 1.52. The van der Waals surface area contributed by atoms with E-state index >= 15 is 0 Å². The van der Waals surface area contributed by atoms with Gasteiger partial charge in [0.15, 0.2) is 0 Å². The number of carbonyl (C=O) groups is 1. The van der Waals surface area contributed by atoms with Gasteiger partial charge in [-0.3, -0.25) is 4.79 Å². The third-order valence-electron chi connectivity index (χ3n) is 2.31. The fraction of sp³-hybridized carbons (Fsp3) is 0.667. The number of aromatic nitrogens is 2. The summed E-state index contributed by atoms with van der Waals surface area (Å²) in [4.78, 5) is 18.6. The first kappa shape index (κ1) is 13.7. The molecule has 0 radical (unpaired) electrons. The van der Waals surface area contributed by atoms with E-state index in [9.17, 15) is 4.79 Å². The number of aromatic amines is 1. The average molecular weight is 238 g/mol. The monoisotopic (exact) mass is 238 g/mol. The van der Waals surface area contributed by atoms with Crippen LogP contribution in [-0.2, 0) is 11.3 Å². The van der Waals surface area contributed by atoms with Crippen LogP contribution in [0.3, 0.4) is 0 Å². The van der Waals surface area contributed by atoms with Gasteiger partial charge in [0.25, 0.3) is 0 Å². The summed E-state index contributed by atoms with van der Waals surface area (Å²) in [5.41, 5.74) is 1.05. The molecule has 3 N–H and O–H groups in total. The minimum atomic E-state index is 0.104. The van der Waals surface area contributed by atoms with Crippen LogP contribution in [0, 0.1) is 12.8 Å². The normalized spacial score (nSPS) is 10.8. The fourth-order valence-electron chi connectivity index (χ4n) is 1.39. The van der Waals surface area contributed by atoms with Crippen molar-refractivity contribution in [2.24, 2.45) is 5.92 Å². The lowest BCUT2D eigenvalue weighted by atomic mass is 10.2. The molecule has 1 aromatic rings. The second-order valence-corrected chi connectivity index (χ2v) is 4.62. The number of hydrogen-bond donors (Lipinski definition) is 3. The Balaban J connectivity index is 2.06. The first-order valence-corrected chi connectivity index (χ1v) is 6.06. The van der Waals surface area contributed by atoms with Crippen LogP contribution in [-0.4, -0.2) is 29.0 Å². The molecule has 0 aliphatic heterocycles. The number of amides is 1. The maximum absolute atomic E-state index is 11.4. The summed E-state index contributed by atoms with van der Waals surface area (Å²) in [6, 6.07) is 0. The van der Waals surface area contributed by atoms with Crippen molar-refractivity contribution < 1.29 is 4.79 Å². The van der Waals surface area contributed by atoms with Crippen LogP contribution >= 0.6 is 0 Å². The lowest BCUT2D eigenvalue weighted by Gasteiger charge is -2.07. The molecule has 0 atom stereocenters. The van der Waals surface area contributed by atoms with Crippen molar-refractivity contribution in [3.63, 3.8) is 0 Å². The minimum absolute atomic E-state index is 0.104. The van der Waals surface area contributed by atoms with E-state index in [0.29, 0.717) is 18.9 Å². The number of hydrogen-bond acceptors (Lipinski definition) is 3. The number of H-pyrrole nitrogens is 1. The molecule has 1 heterocycles. The number of imidazole rings is 1. The molecule has 1 rings (SSSR count). The zero-order chi connectivity index (χ0) is 12.7. The van der Waals surface area contributed by atoms with Gasteiger partial charge in [0.2, 0.25) is 5.91 Å². The van der Waals surface area contributed by atoms with Crippen molar-refractivity contribution >= 4 is 5.91 Å². The van der Waals surface area contributed by atoms with E-state index in [1.54, 1.807) is 6.20 Å². The van der Waals surface area contributed by atoms with Crippen molar-refractivity contribution in [2.75, 3.05) is 13.1 Å². The molecule has 0 aliphatic carbocycles. The lowest BCUT2D eigenvalue weighted by molar-refractivity contribution is -0.121. The van der Waals surface area contributed by atoms with Gasteiger partial charge in [0, 0.05) is 37.9 Å². The van der Waals surface area contributed by atoms with Crippen molar-refractivity contribution in [3.05, 3.63) is 17.7 Å². The van der Waals surface area contributed by atoms with E-state index < -0.39 is 0 Å². The lowest BCUT2D eigenvalue weighted by Crippen LogP contribution is -2.30. The van der Waals surface area contributed by atoms with Gasteiger partial charge in [-0.1, -0.05) is 13.8 Å². The Morgan fingerprint density at radius 2 is 2.29 bits per heavy atom. The molecule has 1 aromatic heterocycles. The van der Waals surface area contributed by atoms with Crippen LogP contribution in [0.5, 0.6) is 0 Å². The summed E-state index contributed by atoms with van der Waals surface area (Å²) in [5, 5.41) is 6.09. The number of aryl methyl sites for hydroxylation is 1. The van der Waals surface area contributed by atoms with Crippen LogP contribution in [0.1, 0.15) is 31.8 Å². The Morgan fingerprint density at radius 1 is 1.53 bits per heavy atom. The highest BCUT2D eigenvalue weighted by molar-refractivity contribution is 5.76. The molecule has 5 nitrogen and oxygen atoms in total. The molecule has 1 amide bonds. The van der Waals surface area contributed by atoms with Gasteiger partial charge in [-0.05, 0) is 12.8 Å². The molecule has 0 unspecified atom stereocenters. The maximum atomic E-state index is 11.4. The van der Waals surface area contributed by atoms with Gasteiger partial charge in [-0.2, -0.15) is 0 Å². The highest BCUT2D eigenvalue weighted by Crippen LogP contribution is 1.94. The van der Waals surface area contributed by atoms with Gasteiger partial charge in [0.1, 0.15) is 5.82 Å². The van der Waals surface area contributed by atoms with E-state index in [-0.39, 0.29) is 5.91 Å². The third kappa shape index (κ3) is 6.06. The van der Waals surface area contributed by atoms with Crippen LogP contribution in [0.4, 0.5) is 0 Å². The number of nitrogens with one attached hydrogen (secondary N) is 3. The van der Waals surface area contributed by atoms with E-state index in [1.807, 2.05) is 6.92 Å². The molecular formula is C12H22N4O. The van der Waals surface area contributed by atoms with Gasteiger partial charge >= 0.3 is 0 Å². The van der Waals surface area contributed by atoms with Crippen molar-refractivity contribution in [1.82, 2.24) is 20.6 Å². The van der Waals surface area contributed by atoms with Crippen LogP contribution < -0.4 is 10.6 Å². The van der Waals surface area contributed by atoms with Gasteiger partial charge in [-0.25, -0.2) is 4.98 Å². The zero-order valence-corrected chi connectivity index (χ0v) is 10.8. The van der Waals surface area contributed by atoms with Gasteiger partial charge < -0.3 is 15.6 Å². The Hall–Kier alpha value is -1.36. The maximum Gasteiger partial charge on any atom is 0.221 e. The molecule has 0 fully saturated rings. The van der Waals surface area contributed by atoms with Crippen molar-refractivity contribution in [2.45, 2.75) is 33.7 Å². The molecule has 96 valence electrons. The second kappa shape index (κ2) is 7.06. The summed E-state index contributed by atoms with van der Waals surface area (Å²) in [7, 11) is 0. The third-order valence-corrected chi connectivity index (χ3v) is 2.31. The Kier molecular flexibility index (Phi) is 5.69. The average Bonchev–Trinajstić information content (AvgIpc) is 2.68.